The van der Waals surface area contributed by atoms with Gasteiger partial charge in [-0.15, -0.1) is 0 Å². The summed E-state index contributed by atoms with van der Waals surface area (Å²) in [6.45, 7) is 9.93. The van der Waals surface area contributed by atoms with Gasteiger partial charge in [0.1, 0.15) is 0 Å². The normalized spacial score (nSPS) is 12.2. The predicted molar refractivity (Wildman–Crippen MR) is 63.3 cm³/mol. The lowest BCUT2D eigenvalue weighted by molar-refractivity contribution is 0.833. The van der Waals surface area contributed by atoms with E-state index in [0.29, 0.717) is 0 Å². The van der Waals surface area contributed by atoms with Crippen molar-refractivity contribution < 1.29 is 0 Å². The molecule has 0 unspecified atom stereocenters. The van der Waals surface area contributed by atoms with Crippen LogP contribution >= 0.6 is 0 Å². The lowest BCUT2D eigenvalue weighted by atomic mass is 10.2. The number of nitrogens with zero attached hydrogens (tertiary/aromatic N) is 1. The molecule has 0 atom stereocenters. The maximum Gasteiger partial charge on any atom is 0.0296 e. The van der Waals surface area contributed by atoms with Gasteiger partial charge >= 0.3 is 0 Å². The van der Waals surface area contributed by atoms with Crippen molar-refractivity contribution in [1.29, 1.82) is 0 Å². The standard InChI is InChI=1S/C11H19N.CH4/c1-5-7-8-11(4)12-9-10(3)6-2;/h6,9H,2,5,7-8H2,1,3-4H3;1H4/b10-9+,12-11?;. The van der Waals surface area contributed by atoms with E-state index in [1.807, 2.05) is 19.2 Å². The maximum absolute atomic E-state index is 4.32. The number of aliphatic imine (C=N–C) groups is 1. The molecule has 0 aliphatic heterocycles. The van der Waals surface area contributed by atoms with Gasteiger partial charge in [-0.05, 0) is 32.3 Å². The summed E-state index contributed by atoms with van der Waals surface area (Å²) in [5.74, 6) is 0. The molecule has 0 aliphatic rings. The Morgan fingerprint density at radius 2 is 2.00 bits per heavy atom. The average Bonchev–Trinajstić information content (AvgIpc) is 2.10. The Morgan fingerprint density at radius 1 is 1.38 bits per heavy atom. The Bertz CT molecular complexity index is 187. The zero-order chi connectivity index (χ0) is 9.40. The van der Waals surface area contributed by atoms with Gasteiger partial charge in [-0.2, -0.15) is 0 Å². The molecule has 13 heavy (non-hydrogen) atoms. The van der Waals surface area contributed by atoms with Gasteiger partial charge in [-0.25, -0.2) is 0 Å². The average molecular weight is 181 g/mol. The van der Waals surface area contributed by atoms with Gasteiger partial charge in [0.25, 0.3) is 0 Å². The van der Waals surface area contributed by atoms with E-state index in [1.54, 1.807) is 0 Å². The van der Waals surface area contributed by atoms with Gasteiger partial charge in [-0.1, -0.05) is 33.4 Å². The van der Waals surface area contributed by atoms with Crippen LogP contribution in [0.25, 0.3) is 0 Å². The third kappa shape index (κ3) is 9.06. The highest BCUT2D eigenvalue weighted by Gasteiger charge is 1.88. The van der Waals surface area contributed by atoms with E-state index < -0.39 is 0 Å². The van der Waals surface area contributed by atoms with Crippen molar-refractivity contribution in [3.8, 4) is 0 Å². The van der Waals surface area contributed by atoms with Crippen molar-refractivity contribution in [2.24, 2.45) is 4.99 Å². The molecule has 0 aromatic rings. The molecule has 0 aliphatic carbocycles. The molecule has 0 aromatic carbocycles. The first kappa shape index (κ1) is 14.7. The molecule has 1 heteroatoms. The molecule has 0 saturated heterocycles. The van der Waals surface area contributed by atoms with E-state index in [2.05, 4.69) is 25.4 Å². The second kappa shape index (κ2) is 9.24. The number of hydrogen-bond acceptors (Lipinski definition) is 1. The quantitative estimate of drug-likeness (QED) is 0.441. The number of allylic oxidation sites excluding steroid dienone is 2. The van der Waals surface area contributed by atoms with Crippen LogP contribution in [-0.2, 0) is 0 Å². The minimum absolute atomic E-state index is 0. The monoisotopic (exact) mass is 181 g/mol. The molecule has 0 N–H and O–H groups in total. The minimum Gasteiger partial charge on any atom is -0.266 e. The van der Waals surface area contributed by atoms with Gasteiger partial charge in [0.05, 0.1) is 0 Å². The van der Waals surface area contributed by atoms with Crippen molar-refractivity contribution in [2.75, 3.05) is 0 Å². The van der Waals surface area contributed by atoms with E-state index >= 15 is 0 Å². The highest BCUT2D eigenvalue weighted by Crippen LogP contribution is 1.99. The molecule has 1 nitrogen and oxygen atoms in total. The van der Waals surface area contributed by atoms with Crippen LogP contribution in [0.2, 0.25) is 0 Å². The van der Waals surface area contributed by atoms with Gasteiger partial charge < -0.3 is 0 Å². The van der Waals surface area contributed by atoms with Crippen molar-refractivity contribution in [2.45, 2.75) is 47.5 Å². The summed E-state index contributed by atoms with van der Waals surface area (Å²) in [5, 5.41) is 0. The van der Waals surface area contributed by atoms with Crippen molar-refractivity contribution in [1.82, 2.24) is 0 Å². The molecule has 0 heterocycles. The van der Waals surface area contributed by atoms with Crippen LogP contribution in [-0.4, -0.2) is 5.71 Å². The lowest BCUT2D eigenvalue weighted by Gasteiger charge is -1.95. The fourth-order valence-electron chi connectivity index (χ4n) is 0.762. The van der Waals surface area contributed by atoms with Crippen LogP contribution in [0.1, 0.15) is 47.5 Å². The molecule has 0 radical (unpaired) electrons. The Morgan fingerprint density at radius 3 is 2.46 bits per heavy atom. The highest BCUT2D eigenvalue weighted by molar-refractivity contribution is 5.82. The molecule has 0 fully saturated rings. The third-order valence-electron chi connectivity index (χ3n) is 1.70. The molecule has 76 valence electrons. The van der Waals surface area contributed by atoms with Gasteiger partial charge in [0.2, 0.25) is 0 Å². The molecule has 0 spiro atoms. The smallest absolute Gasteiger partial charge is 0.0296 e. The summed E-state index contributed by atoms with van der Waals surface area (Å²) in [5.41, 5.74) is 2.32. The first-order valence-corrected chi connectivity index (χ1v) is 4.53. The van der Waals surface area contributed by atoms with E-state index in [-0.39, 0.29) is 7.43 Å². The van der Waals surface area contributed by atoms with Crippen molar-refractivity contribution >= 4 is 5.71 Å². The van der Waals surface area contributed by atoms with Crippen LogP contribution in [0.3, 0.4) is 0 Å². The zero-order valence-electron chi connectivity index (χ0n) is 8.43. The maximum atomic E-state index is 4.32. The fraction of sp³-hybridized carbons (Fsp3) is 0.583. The number of hydrogen-bond donors (Lipinski definition) is 0. The van der Waals surface area contributed by atoms with Crippen LogP contribution in [0.15, 0.2) is 29.4 Å². The summed E-state index contributed by atoms with van der Waals surface area (Å²) in [4.78, 5) is 4.32. The number of unbranched alkanes of at least 4 members (excludes halogenated alkanes) is 1. The van der Waals surface area contributed by atoms with E-state index in [9.17, 15) is 0 Å². The van der Waals surface area contributed by atoms with Gasteiger partial charge in [0, 0.05) is 11.9 Å². The zero-order valence-corrected chi connectivity index (χ0v) is 8.43. The largest absolute Gasteiger partial charge is 0.266 e. The minimum atomic E-state index is 0. The molecular formula is C12H23N. The van der Waals surface area contributed by atoms with Gasteiger partial charge in [-0.3, -0.25) is 4.99 Å². The summed E-state index contributed by atoms with van der Waals surface area (Å²) < 4.78 is 0. The Kier molecular flexibility index (Phi) is 10.4. The Labute approximate surface area is 83.3 Å². The molecule has 0 amide bonds. The first-order chi connectivity index (χ1) is 5.70. The molecule has 0 rings (SSSR count). The molecule has 0 saturated carbocycles. The fourth-order valence-corrected chi connectivity index (χ4v) is 0.762. The summed E-state index contributed by atoms with van der Waals surface area (Å²) in [7, 11) is 0. The topological polar surface area (TPSA) is 12.4 Å². The molecular weight excluding hydrogens is 158 g/mol. The summed E-state index contributed by atoms with van der Waals surface area (Å²) in [6.07, 6.45) is 7.26. The lowest BCUT2D eigenvalue weighted by Crippen LogP contribution is -1.89. The second-order valence-electron chi connectivity index (χ2n) is 3.05. The Hall–Kier alpha value is -0.850. The summed E-state index contributed by atoms with van der Waals surface area (Å²) in [6, 6.07) is 0. The van der Waals surface area contributed by atoms with E-state index in [1.165, 1.54) is 18.6 Å². The first-order valence-electron chi connectivity index (χ1n) is 4.53. The van der Waals surface area contributed by atoms with E-state index in [4.69, 9.17) is 0 Å². The molecule has 0 aromatic heterocycles. The molecule has 0 bridgehead atoms. The SMILES string of the molecule is C.C=C/C(C)=C/N=C(C)CCCC. The third-order valence-corrected chi connectivity index (χ3v) is 1.70. The van der Waals surface area contributed by atoms with E-state index in [0.717, 1.165) is 12.0 Å². The van der Waals surface area contributed by atoms with Crippen LogP contribution < -0.4 is 0 Å². The van der Waals surface area contributed by atoms with Crippen LogP contribution in [0.5, 0.6) is 0 Å². The highest BCUT2D eigenvalue weighted by atomic mass is 14.7. The van der Waals surface area contributed by atoms with Crippen LogP contribution in [0, 0.1) is 0 Å². The Balaban J connectivity index is 0. The predicted octanol–water partition coefficient (Wildman–Crippen LogP) is 4.36. The summed E-state index contributed by atoms with van der Waals surface area (Å²) >= 11 is 0. The van der Waals surface area contributed by atoms with Crippen LogP contribution in [0.4, 0.5) is 0 Å². The second-order valence-corrected chi connectivity index (χ2v) is 3.05. The van der Waals surface area contributed by atoms with Crippen molar-refractivity contribution in [3.05, 3.63) is 24.4 Å². The van der Waals surface area contributed by atoms with Crippen molar-refractivity contribution in [3.63, 3.8) is 0 Å². The van der Waals surface area contributed by atoms with Gasteiger partial charge in [0.15, 0.2) is 0 Å². The number of rotatable bonds is 5.